The Bertz CT molecular complexity index is 1830. The Hall–Kier alpha value is -5.20. The molecule has 5 rings (SSSR count). The van der Waals surface area contributed by atoms with E-state index in [1.54, 1.807) is 78.9 Å². The number of nitrogens with one attached hydrogen (secondary N) is 2. The average Bonchev–Trinajstić information content (AvgIpc) is 2.97. The summed E-state index contributed by atoms with van der Waals surface area (Å²) in [4.78, 5) is 22.1. The van der Waals surface area contributed by atoms with Crippen LogP contribution in [0.4, 0.5) is 24.5 Å². The lowest BCUT2D eigenvalue weighted by Crippen LogP contribution is -2.26. The highest BCUT2D eigenvalue weighted by Gasteiger charge is 2.34. The minimum Gasteiger partial charge on any atom is -0.325 e. The number of halogens is 4. The minimum atomic E-state index is -4.65. The molecule has 41 heavy (non-hydrogen) atoms. The molecule has 0 aliphatic rings. The standard InChI is InChI=1S/C31H19ClF3N5O/c32-25-14-4-5-15-26(25)40-30(38-18-36)39-21-11-6-10-20(16-21)27-22-12-7-13-24(31(33,34)35)28(22)37-17-23(27)29(41)19-8-2-1-3-9-19/h1-17H,(H2,38,39,40). The van der Waals surface area contributed by atoms with Crippen molar-refractivity contribution in [2.75, 3.05) is 5.32 Å². The summed E-state index contributed by atoms with van der Waals surface area (Å²) < 4.78 is 41.7. The lowest BCUT2D eigenvalue weighted by atomic mass is 9.91. The van der Waals surface area contributed by atoms with Crippen molar-refractivity contribution in [1.29, 1.82) is 5.26 Å². The summed E-state index contributed by atoms with van der Waals surface area (Å²) in [5, 5.41) is 15.3. The van der Waals surface area contributed by atoms with Gasteiger partial charge in [0.25, 0.3) is 0 Å². The molecule has 0 saturated heterocycles. The molecule has 1 heterocycles. The van der Waals surface area contributed by atoms with E-state index in [1.807, 2.05) is 6.19 Å². The van der Waals surface area contributed by atoms with Crippen LogP contribution in [-0.2, 0) is 6.18 Å². The van der Waals surface area contributed by atoms with Crippen LogP contribution in [-0.4, -0.2) is 16.7 Å². The van der Waals surface area contributed by atoms with Gasteiger partial charge in [0.1, 0.15) is 0 Å². The lowest BCUT2D eigenvalue weighted by molar-refractivity contribution is -0.136. The van der Waals surface area contributed by atoms with Gasteiger partial charge in [-0.1, -0.05) is 78.3 Å². The molecule has 5 aromatic rings. The lowest BCUT2D eigenvalue weighted by Gasteiger charge is -2.17. The maximum absolute atomic E-state index is 13.9. The number of fused-ring (bicyclic) bond motifs is 1. The van der Waals surface area contributed by atoms with Crippen molar-refractivity contribution in [3.63, 3.8) is 0 Å². The molecule has 0 unspecified atom stereocenters. The first-order valence-corrected chi connectivity index (χ1v) is 12.6. The maximum atomic E-state index is 13.9. The number of alkyl halides is 3. The van der Waals surface area contributed by atoms with Gasteiger partial charge < -0.3 is 5.32 Å². The fourth-order valence-corrected chi connectivity index (χ4v) is 4.55. The summed E-state index contributed by atoms with van der Waals surface area (Å²) in [7, 11) is 0. The second-order valence-electron chi connectivity index (χ2n) is 8.80. The number of nitriles is 1. The molecule has 0 fully saturated rings. The Morgan fingerprint density at radius 1 is 0.927 bits per heavy atom. The van der Waals surface area contributed by atoms with E-state index in [2.05, 4.69) is 20.6 Å². The molecule has 4 aromatic carbocycles. The van der Waals surface area contributed by atoms with Crippen LogP contribution in [0.5, 0.6) is 0 Å². The Morgan fingerprint density at radius 2 is 1.66 bits per heavy atom. The van der Waals surface area contributed by atoms with Crippen molar-refractivity contribution < 1.29 is 18.0 Å². The molecule has 1 aromatic heterocycles. The molecule has 0 spiro atoms. The number of ketones is 1. The highest BCUT2D eigenvalue weighted by molar-refractivity contribution is 6.33. The number of anilines is 1. The Kier molecular flexibility index (Phi) is 7.68. The van der Waals surface area contributed by atoms with E-state index in [9.17, 15) is 23.2 Å². The average molecular weight is 570 g/mol. The highest BCUT2D eigenvalue weighted by atomic mass is 35.5. The van der Waals surface area contributed by atoms with Gasteiger partial charge in [0.05, 0.1) is 21.8 Å². The fourth-order valence-electron chi connectivity index (χ4n) is 4.37. The molecule has 0 radical (unpaired) electrons. The predicted molar refractivity (Wildman–Crippen MR) is 153 cm³/mol. The number of pyridine rings is 1. The molecule has 0 bridgehead atoms. The van der Waals surface area contributed by atoms with Crippen LogP contribution in [0.15, 0.2) is 108 Å². The van der Waals surface area contributed by atoms with Crippen molar-refractivity contribution in [3.05, 3.63) is 125 Å². The van der Waals surface area contributed by atoms with Gasteiger partial charge in [-0.3, -0.25) is 15.1 Å². The summed E-state index contributed by atoms with van der Waals surface area (Å²) in [6, 6.07) is 25.7. The van der Waals surface area contributed by atoms with Crippen LogP contribution in [0, 0.1) is 11.5 Å². The third kappa shape index (κ3) is 5.88. The number of benzene rings is 4. The van der Waals surface area contributed by atoms with E-state index in [-0.39, 0.29) is 28.0 Å². The van der Waals surface area contributed by atoms with Gasteiger partial charge in [0.15, 0.2) is 12.0 Å². The molecular weight excluding hydrogens is 551 g/mol. The summed E-state index contributed by atoms with van der Waals surface area (Å²) in [6.45, 7) is 0. The van der Waals surface area contributed by atoms with Crippen molar-refractivity contribution in [2.24, 2.45) is 4.99 Å². The zero-order valence-electron chi connectivity index (χ0n) is 21.1. The van der Waals surface area contributed by atoms with E-state index >= 15 is 0 Å². The first-order valence-electron chi connectivity index (χ1n) is 12.2. The van der Waals surface area contributed by atoms with Crippen LogP contribution < -0.4 is 10.6 Å². The molecule has 202 valence electrons. The number of carbonyl (C=O) groups excluding carboxylic acids is 1. The molecular formula is C31H19ClF3N5O. The molecule has 2 N–H and O–H groups in total. The number of hydrogen-bond acceptors (Lipinski definition) is 4. The quantitative estimate of drug-likeness (QED) is 0.0736. The van der Waals surface area contributed by atoms with Gasteiger partial charge in [0, 0.05) is 34.0 Å². The Morgan fingerprint density at radius 3 is 2.39 bits per heavy atom. The van der Waals surface area contributed by atoms with E-state index in [0.29, 0.717) is 27.5 Å². The predicted octanol–water partition coefficient (Wildman–Crippen LogP) is 7.98. The van der Waals surface area contributed by atoms with Crippen LogP contribution in [0.25, 0.3) is 22.0 Å². The third-order valence-electron chi connectivity index (χ3n) is 6.16. The highest BCUT2D eigenvalue weighted by Crippen LogP contribution is 2.39. The van der Waals surface area contributed by atoms with Gasteiger partial charge >= 0.3 is 6.18 Å². The van der Waals surface area contributed by atoms with Crippen molar-refractivity contribution in [2.45, 2.75) is 6.18 Å². The van der Waals surface area contributed by atoms with Gasteiger partial charge in [-0.2, -0.15) is 18.4 Å². The van der Waals surface area contributed by atoms with E-state index in [4.69, 9.17) is 11.6 Å². The first-order chi connectivity index (χ1) is 19.8. The summed E-state index contributed by atoms with van der Waals surface area (Å²) in [5.41, 5.74) is 0.925. The largest absolute Gasteiger partial charge is 0.418 e. The summed E-state index contributed by atoms with van der Waals surface area (Å²) in [6.07, 6.45) is -1.65. The summed E-state index contributed by atoms with van der Waals surface area (Å²) in [5.74, 6) is -0.324. The fraction of sp³-hybridized carbons (Fsp3) is 0.0323. The van der Waals surface area contributed by atoms with Crippen molar-refractivity contribution in [1.82, 2.24) is 10.3 Å². The van der Waals surface area contributed by atoms with Gasteiger partial charge in [-0.15, -0.1) is 0 Å². The van der Waals surface area contributed by atoms with Crippen LogP contribution in [0.1, 0.15) is 21.5 Å². The molecule has 0 amide bonds. The van der Waals surface area contributed by atoms with Crippen LogP contribution in [0.2, 0.25) is 5.02 Å². The number of aliphatic imine (C=N–C) groups is 1. The SMILES string of the molecule is N#CNC(=Nc1ccccc1Cl)Nc1cccc(-c2c(C(=O)c3ccccc3)cnc3c(C(F)(F)F)cccc23)c1. The second-order valence-corrected chi connectivity index (χ2v) is 9.20. The monoisotopic (exact) mass is 569 g/mol. The first kappa shape index (κ1) is 27.4. The normalized spacial score (nSPS) is 11.6. The number of carbonyl (C=O) groups is 1. The van der Waals surface area contributed by atoms with Crippen LogP contribution in [0.3, 0.4) is 0 Å². The third-order valence-corrected chi connectivity index (χ3v) is 6.48. The molecule has 0 atom stereocenters. The number of hydrogen-bond donors (Lipinski definition) is 2. The number of aromatic nitrogens is 1. The maximum Gasteiger partial charge on any atom is 0.418 e. The minimum absolute atomic E-state index is 0.0669. The van der Waals surface area contributed by atoms with E-state index in [0.717, 1.165) is 6.07 Å². The zero-order valence-corrected chi connectivity index (χ0v) is 21.8. The van der Waals surface area contributed by atoms with Gasteiger partial charge in [-0.25, -0.2) is 4.99 Å². The van der Waals surface area contributed by atoms with Gasteiger partial charge in [0.2, 0.25) is 5.96 Å². The molecule has 0 saturated carbocycles. The number of para-hydroxylation sites is 2. The van der Waals surface area contributed by atoms with Gasteiger partial charge in [-0.05, 0) is 35.9 Å². The summed E-state index contributed by atoms with van der Waals surface area (Å²) >= 11 is 6.21. The smallest absolute Gasteiger partial charge is 0.325 e. The van der Waals surface area contributed by atoms with Crippen LogP contribution >= 0.6 is 11.6 Å². The number of nitrogens with zero attached hydrogens (tertiary/aromatic N) is 3. The van der Waals surface area contributed by atoms with E-state index < -0.39 is 17.5 Å². The Labute approximate surface area is 237 Å². The number of guanidine groups is 1. The second kappa shape index (κ2) is 11.5. The molecule has 10 heteroatoms. The molecule has 0 aliphatic heterocycles. The van der Waals surface area contributed by atoms with E-state index in [1.165, 1.54) is 18.3 Å². The molecule has 0 aliphatic carbocycles. The number of rotatable bonds is 5. The zero-order chi connectivity index (χ0) is 29.0. The van der Waals surface area contributed by atoms with Crippen molar-refractivity contribution >= 4 is 45.6 Å². The Balaban J connectivity index is 1.67. The van der Waals surface area contributed by atoms with Crippen molar-refractivity contribution in [3.8, 4) is 17.3 Å². The topological polar surface area (TPSA) is 90.2 Å². The molecule has 6 nitrogen and oxygen atoms in total.